The maximum Gasteiger partial charge on any atom is 0.222 e. The number of rotatable bonds is 3. The second-order valence-electron chi connectivity index (χ2n) is 7.37. The van der Waals surface area contributed by atoms with Crippen LogP contribution in [0.4, 0.5) is 0 Å². The Kier molecular flexibility index (Phi) is 4.55. The van der Waals surface area contributed by atoms with Gasteiger partial charge in [-0.3, -0.25) is 4.79 Å². The SMILES string of the molecule is C[C@@H]1CN(C(=O)CC2CCC2)CC[C@@]1(O)C1CCOCC1. The summed E-state index contributed by atoms with van der Waals surface area (Å²) in [5.74, 6) is 1.44. The van der Waals surface area contributed by atoms with Gasteiger partial charge in [0.05, 0.1) is 5.60 Å². The van der Waals surface area contributed by atoms with Gasteiger partial charge in [0, 0.05) is 38.6 Å². The van der Waals surface area contributed by atoms with Crippen molar-refractivity contribution in [2.45, 2.75) is 57.5 Å². The molecule has 0 unspecified atom stereocenters. The highest BCUT2D eigenvalue weighted by atomic mass is 16.5. The van der Waals surface area contributed by atoms with Crippen LogP contribution in [0.25, 0.3) is 0 Å². The molecule has 1 N–H and O–H groups in total. The number of likely N-dealkylation sites (tertiary alicyclic amines) is 1. The molecule has 120 valence electrons. The lowest BCUT2D eigenvalue weighted by molar-refractivity contribution is -0.152. The van der Waals surface area contributed by atoms with E-state index in [-0.39, 0.29) is 5.92 Å². The van der Waals surface area contributed by atoms with Crippen molar-refractivity contribution in [3.63, 3.8) is 0 Å². The van der Waals surface area contributed by atoms with Crippen molar-refractivity contribution < 1.29 is 14.6 Å². The Balaban J connectivity index is 1.56. The minimum atomic E-state index is -0.600. The summed E-state index contributed by atoms with van der Waals surface area (Å²) >= 11 is 0. The summed E-state index contributed by atoms with van der Waals surface area (Å²) < 4.78 is 5.42. The molecule has 0 aromatic rings. The molecule has 2 aliphatic heterocycles. The topological polar surface area (TPSA) is 49.8 Å². The number of piperidine rings is 1. The zero-order chi connectivity index (χ0) is 14.9. The Labute approximate surface area is 127 Å². The van der Waals surface area contributed by atoms with Gasteiger partial charge in [-0.25, -0.2) is 0 Å². The number of hydrogen-bond acceptors (Lipinski definition) is 3. The van der Waals surface area contributed by atoms with Crippen molar-refractivity contribution in [2.24, 2.45) is 17.8 Å². The Morgan fingerprint density at radius 1 is 1.29 bits per heavy atom. The molecule has 4 heteroatoms. The maximum absolute atomic E-state index is 12.4. The van der Waals surface area contributed by atoms with Crippen LogP contribution in [0.2, 0.25) is 0 Å². The van der Waals surface area contributed by atoms with Crippen molar-refractivity contribution in [3.05, 3.63) is 0 Å². The van der Waals surface area contributed by atoms with Gasteiger partial charge in [-0.2, -0.15) is 0 Å². The average Bonchev–Trinajstić information content (AvgIpc) is 2.46. The van der Waals surface area contributed by atoms with Gasteiger partial charge in [0.15, 0.2) is 0 Å². The molecule has 0 aromatic carbocycles. The van der Waals surface area contributed by atoms with E-state index in [0.717, 1.165) is 52.0 Å². The van der Waals surface area contributed by atoms with Gasteiger partial charge >= 0.3 is 0 Å². The number of hydrogen-bond donors (Lipinski definition) is 1. The van der Waals surface area contributed by atoms with Crippen LogP contribution in [-0.2, 0) is 9.53 Å². The first-order valence-corrected chi connectivity index (χ1v) is 8.67. The number of carbonyl (C=O) groups is 1. The van der Waals surface area contributed by atoms with Crippen LogP contribution in [0.1, 0.15) is 51.9 Å². The summed E-state index contributed by atoms with van der Waals surface area (Å²) in [5.41, 5.74) is -0.600. The lowest BCUT2D eigenvalue weighted by Crippen LogP contribution is -2.57. The van der Waals surface area contributed by atoms with E-state index in [9.17, 15) is 9.90 Å². The maximum atomic E-state index is 12.4. The van der Waals surface area contributed by atoms with Crippen LogP contribution in [-0.4, -0.2) is 47.8 Å². The van der Waals surface area contributed by atoms with Gasteiger partial charge in [0.25, 0.3) is 0 Å². The van der Waals surface area contributed by atoms with Gasteiger partial charge in [-0.15, -0.1) is 0 Å². The van der Waals surface area contributed by atoms with Gasteiger partial charge in [-0.05, 0) is 43.9 Å². The summed E-state index contributed by atoms with van der Waals surface area (Å²) in [6, 6.07) is 0. The lowest BCUT2D eigenvalue weighted by atomic mass is 9.70. The molecule has 3 fully saturated rings. The second-order valence-corrected chi connectivity index (χ2v) is 7.37. The highest BCUT2D eigenvalue weighted by Gasteiger charge is 2.46. The molecule has 3 aliphatic rings. The summed E-state index contributed by atoms with van der Waals surface area (Å²) in [5, 5.41) is 11.1. The molecular weight excluding hydrogens is 266 g/mol. The molecule has 0 aromatic heterocycles. The fourth-order valence-corrected chi connectivity index (χ4v) is 4.24. The first-order chi connectivity index (χ1) is 10.1. The van der Waals surface area contributed by atoms with E-state index >= 15 is 0 Å². The summed E-state index contributed by atoms with van der Waals surface area (Å²) in [4.78, 5) is 14.4. The summed E-state index contributed by atoms with van der Waals surface area (Å²) in [7, 11) is 0. The Bertz CT molecular complexity index is 376. The van der Waals surface area contributed by atoms with E-state index in [1.54, 1.807) is 0 Å². The Hall–Kier alpha value is -0.610. The van der Waals surface area contributed by atoms with Crippen LogP contribution in [0.15, 0.2) is 0 Å². The number of ether oxygens (including phenoxy) is 1. The van der Waals surface area contributed by atoms with Gasteiger partial charge in [-0.1, -0.05) is 13.3 Å². The quantitative estimate of drug-likeness (QED) is 0.868. The predicted molar refractivity (Wildman–Crippen MR) is 80.8 cm³/mol. The molecule has 1 saturated carbocycles. The molecule has 3 rings (SSSR count). The third-order valence-corrected chi connectivity index (χ3v) is 6.10. The van der Waals surface area contributed by atoms with Crippen molar-refractivity contribution in [3.8, 4) is 0 Å². The zero-order valence-electron chi connectivity index (χ0n) is 13.2. The van der Waals surface area contributed by atoms with E-state index in [4.69, 9.17) is 4.74 Å². The fourth-order valence-electron chi connectivity index (χ4n) is 4.24. The molecule has 2 heterocycles. The molecule has 0 bridgehead atoms. The molecule has 2 atom stereocenters. The highest BCUT2D eigenvalue weighted by Crippen LogP contribution is 2.40. The van der Waals surface area contributed by atoms with E-state index in [0.29, 0.717) is 17.7 Å². The second kappa shape index (κ2) is 6.25. The molecule has 0 spiro atoms. The first-order valence-electron chi connectivity index (χ1n) is 8.67. The van der Waals surface area contributed by atoms with E-state index in [1.165, 1.54) is 19.3 Å². The minimum Gasteiger partial charge on any atom is -0.389 e. The molecule has 4 nitrogen and oxygen atoms in total. The van der Waals surface area contributed by atoms with Gasteiger partial charge < -0.3 is 14.7 Å². The van der Waals surface area contributed by atoms with Crippen LogP contribution < -0.4 is 0 Å². The molecule has 2 saturated heterocycles. The van der Waals surface area contributed by atoms with E-state index in [1.807, 2.05) is 4.90 Å². The normalized spacial score (nSPS) is 35.5. The number of carbonyl (C=O) groups excluding carboxylic acids is 1. The predicted octanol–water partition coefficient (Wildman–Crippen LogP) is 2.20. The third kappa shape index (κ3) is 3.11. The highest BCUT2D eigenvalue weighted by molar-refractivity contribution is 5.76. The van der Waals surface area contributed by atoms with E-state index in [2.05, 4.69) is 6.92 Å². The van der Waals surface area contributed by atoms with Gasteiger partial charge in [0.1, 0.15) is 0 Å². The number of amides is 1. The molecule has 1 aliphatic carbocycles. The van der Waals surface area contributed by atoms with Crippen LogP contribution in [0.5, 0.6) is 0 Å². The molecule has 21 heavy (non-hydrogen) atoms. The Morgan fingerprint density at radius 2 is 2.00 bits per heavy atom. The Morgan fingerprint density at radius 3 is 2.57 bits per heavy atom. The summed E-state index contributed by atoms with van der Waals surface area (Å²) in [6.07, 6.45) is 7.10. The number of nitrogens with zero attached hydrogens (tertiary/aromatic N) is 1. The van der Waals surface area contributed by atoms with Gasteiger partial charge in [0.2, 0.25) is 5.91 Å². The van der Waals surface area contributed by atoms with Crippen molar-refractivity contribution in [1.29, 1.82) is 0 Å². The van der Waals surface area contributed by atoms with Crippen LogP contribution in [0, 0.1) is 17.8 Å². The first kappa shape index (κ1) is 15.3. The molecule has 0 radical (unpaired) electrons. The fraction of sp³-hybridized carbons (Fsp3) is 0.941. The van der Waals surface area contributed by atoms with Crippen molar-refractivity contribution >= 4 is 5.91 Å². The number of aliphatic hydroxyl groups is 1. The smallest absolute Gasteiger partial charge is 0.222 e. The zero-order valence-corrected chi connectivity index (χ0v) is 13.2. The van der Waals surface area contributed by atoms with Crippen molar-refractivity contribution in [1.82, 2.24) is 4.90 Å². The third-order valence-electron chi connectivity index (χ3n) is 6.10. The average molecular weight is 295 g/mol. The summed E-state index contributed by atoms with van der Waals surface area (Å²) in [6.45, 7) is 5.09. The molecule has 1 amide bonds. The van der Waals surface area contributed by atoms with Crippen LogP contribution >= 0.6 is 0 Å². The largest absolute Gasteiger partial charge is 0.389 e. The standard InChI is InChI=1S/C17H29NO3/c1-13-12-18(16(19)11-14-3-2-4-14)8-7-17(13,20)15-5-9-21-10-6-15/h13-15,20H,2-12H2,1H3/t13-,17+/m1/s1. The van der Waals surface area contributed by atoms with E-state index < -0.39 is 5.60 Å². The van der Waals surface area contributed by atoms with Crippen LogP contribution in [0.3, 0.4) is 0 Å². The monoisotopic (exact) mass is 295 g/mol. The minimum absolute atomic E-state index is 0.166. The molecular formula is C17H29NO3. The lowest BCUT2D eigenvalue weighted by Gasteiger charge is -2.48. The van der Waals surface area contributed by atoms with Crippen molar-refractivity contribution in [2.75, 3.05) is 26.3 Å².